The molecule has 27 heavy (non-hydrogen) atoms. The van der Waals surface area contributed by atoms with E-state index in [9.17, 15) is 4.79 Å². The van der Waals surface area contributed by atoms with Crippen molar-refractivity contribution in [1.29, 1.82) is 0 Å². The molecule has 0 unspecified atom stereocenters. The van der Waals surface area contributed by atoms with Crippen LogP contribution in [0.3, 0.4) is 0 Å². The van der Waals surface area contributed by atoms with Crippen LogP contribution < -0.4 is 10.2 Å². The molecular formula is C23H30N2O2. The van der Waals surface area contributed by atoms with E-state index < -0.39 is 0 Å². The molecule has 4 heteroatoms. The molecule has 2 aromatic rings. The molecular weight excluding hydrogens is 336 g/mol. The molecule has 1 heterocycles. The van der Waals surface area contributed by atoms with Gasteiger partial charge in [0.25, 0.3) is 5.91 Å². The van der Waals surface area contributed by atoms with E-state index in [1.165, 1.54) is 5.56 Å². The lowest BCUT2D eigenvalue weighted by Crippen LogP contribution is -2.36. The van der Waals surface area contributed by atoms with Gasteiger partial charge in [-0.1, -0.05) is 52.0 Å². The number of anilines is 2. The van der Waals surface area contributed by atoms with Crippen molar-refractivity contribution in [3.63, 3.8) is 0 Å². The zero-order valence-electron chi connectivity index (χ0n) is 16.8. The van der Waals surface area contributed by atoms with E-state index in [-0.39, 0.29) is 5.91 Å². The SMILES string of the molecule is CC(C)c1cccc(C(=O)Nc2ccccc2N2CCOCC2)c1C(C)C. The zero-order valence-corrected chi connectivity index (χ0v) is 16.8. The first-order valence-corrected chi connectivity index (χ1v) is 9.85. The Morgan fingerprint density at radius 1 is 0.963 bits per heavy atom. The smallest absolute Gasteiger partial charge is 0.256 e. The summed E-state index contributed by atoms with van der Waals surface area (Å²) in [5.74, 6) is 0.636. The van der Waals surface area contributed by atoms with E-state index in [1.807, 2.05) is 30.3 Å². The molecule has 1 fully saturated rings. The Morgan fingerprint density at radius 2 is 1.67 bits per heavy atom. The second kappa shape index (κ2) is 8.57. The number of ether oxygens (including phenoxy) is 1. The number of carbonyl (C=O) groups excluding carboxylic acids is 1. The molecule has 1 amide bonds. The van der Waals surface area contributed by atoms with E-state index in [0.29, 0.717) is 11.8 Å². The second-order valence-corrected chi connectivity index (χ2v) is 7.69. The van der Waals surface area contributed by atoms with Crippen LogP contribution in [0.4, 0.5) is 11.4 Å². The Kier molecular flexibility index (Phi) is 6.17. The Balaban J connectivity index is 1.92. The molecule has 0 spiro atoms. The van der Waals surface area contributed by atoms with Crippen LogP contribution in [0, 0.1) is 0 Å². The van der Waals surface area contributed by atoms with Crippen molar-refractivity contribution in [2.75, 3.05) is 36.5 Å². The molecule has 0 aromatic heterocycles. The predicted octanol–water partition coefficient (Wildman–Crippen LogP) is 5.02. The summed E-state index contributed by atoms with van der Waals surface area (Å²) >= 11 is 0. The summed E-state index contributed by atoms with van der Waals surface area (Å²) in [6, 6.07) is 14.1. The molecule has 0 atom stereocenters. The molecule has 0 radical (unpaired) electrons. The Morgan fingerprint density at radius 3 is 2.33 bits per heavy atom. The van der Waals surface area contributed by atoms with Crippen LogP contribution in [-0.4, -0.2) is 32.2 Å². The average Bonchev–Trinajstić information content (AvgIpc) is 2.68. The highest BCUT2D eigenvalue weighted by Crippen LogP contribution is 2.31. The fraction of sp³-hybridized carbons (Fsp3) is 0.435. The number of benzene rings is 2. The van der Waals surface area contributed by atoms with Gasteiger partial charge in [-0.15, -0.1) is 0 Å². The summed E-state index contributed by atoms with van der Waals surface area (Å²) in [6.45, 7) is 11.8. The molecule has 1 aliphatic heterocycles. The van der Waals surface area contributed by atoms with Gasteiger partial charge in [0.15, 0.2) is 0 Å². The van der Waals surface area contributed by atoms with Crippen LogP contribution in [0.1, 0.15) is 61.0 Å². The third-order valence-corrected chi connectivity index (χ3v) is 5.09. The third-order valence-electron chi connectivity index (χ3n) is 5.09. The summed E-state index contributed by atoms with van der Waals surface area (Å²) in [4.78, 5) is 15.5. The number of morpholine rings is 1. The number of rotatable bonds is 5. The van der Waals surface area contributed by atoms with Crippen LogP contribution in [0.5, 0.6) is 0 Å². The largest absolute Gasteiger partial charge is 0.378 e. The van der Waals surface area contributed by atoms with E-state index in [0.717, 1.165) is 48.8 Å². The van der Waals surface area contributed by atoms with Crippen LogP contribution >= 0.6 is 0 Å². The first-order valence-electron chi connectivity index (χ1n) is 9.85. The maximum atomic E-state index is 13.2. The van der Waals surface area contributed by atoms with Gasteiger partial charge in [0, 0.05) is 18.7 Å². The molecule has 3 rings (SSSR count). The van der Waals surface area contributed by atoms with Crippen molar-refractivity contribution in [3.05, 3.63) is 59.2 Å². The lowest BCUT2D eigenvalue weighted by molar-refractivity contribution is 0.102. The fourth-order valence-corrected chi connectivity index (χ4v) is 3.78. The number of para-hydroxylation sites is 2. The molecule has 1 N–H and O–H groups in total. The monoisotopic (exact) mass is 366 g/mol. The van der Waals surface area contributed by atoms with Crippen LogP contribution in [0.2, 0.25) is 0 Å². The Bertz CT molecular complexity index is 793. The minimum atomic E-state index is -0.0399. The van der Waals surface area contributed by atoms with Crippen molar-refractivity contribution in [1.82, 2.24) is 0 Å². The highest BCUT2D eigenvalue weighted by molar-refractivity contribution is 6.07. The number of hydrogen-bond acceptors (Lipinski definition) is 3. The minimum Gasteiger partial charge on any atom is -0.378 e. The third kappa shape index (κ3) is 4.33. The van der Waals surface area contributed by atoms with Crippen LogP contribution in [0.25, 0.3) is 0 Å². The first-order chi connectivity index (χ1) is 13.0. The van der Waals surface area contributed by atoms with Crippen LogP contribution in [-0.2, 0) is 4.74 Å². The molecule has 1 saturated heterocycles. The number of carbonyl (C=O) groups is 1. The van der Waals surface area contributed by atoms with E-state index >= 15 is 0 Å². The Labute approximate surface area is 162 Å². The van der Waals surface area contributed by atoms with E-state index in [2.05, 4.69) is 50.0 Å². The van der Waals surface area contributed by atoms with Gasteiger partial charge in [-0.05, 0) is 41.2 Å². The first kappa shape index (κ1) is 19.4. The molecule has 0 bridgehead atoms. The molecule has 1 aliphatic rings. The minimum absolute atomic E-state index is 0.0399. The lowest BCUT2D eigenvalue weighted by Gasteiger charge is -2.30. The maximum absolute atomic E-state index is 13.2. The normalized spacial score (nSPS) is 14.7. The van der Waals surface area contributed by atoms with Gasteiger partial charge in [-0.25, -0.2) is 0 Å². The van der Waals surface area contributed by atoms with Gasteiger partial charge in [0.2, 0.25) is 0 Å². The van der Waals surface area contributed by atoms with E-state index in [4.69, 9.17) is 4.74 Å². The quantitative estimate of drug-likeness (QED) is 0.807. The average molecular weight is 367 g/mol. The second-order valence-electron chi connectivity index (χ2n) is 7.69. The summed E-state index contributed by atoms with van der Waals surface area (Å²) in [5.41, 5.74) is 5.08. The molecule has 4 nitrogen and oxygen atoms in total. The van der Waals surface area contributed by atoms with Crippen molar-refractivity contribution in [2.45, 2.75) is 39.5 Å². The van der Waals surface area contributed by atoms with E-state index in [1.54, 1.807) is 0 Å². The number of hydrogen-bond donors (Lipinski definition) is 1. The fourth-order valence-electron chi connectivity index (χ4n) is 3.78. The number of amides is 1. The highest BCUT2D eigenvalue weighted by Gasteiger charge is 2.21. The summed E-state index contributed by atoms with van der Waals surface area (Å²) in [6.07, 6.45) is 0. The van der Waals surface area contributed by atoms with Crippen molar-refractivity contribution in [2.24, 2.45) is 0 Å². The molecule has 144 valence electrons. The number of nitrogens with zero attached hydrogens (tertiary/aromatic N) is 1. The molecule has 2 aromatic carbocycles. The van der Waals surface area contributed by atoms with Gasteiger partial charge in [0.1, 0.15) is 0 Å². The predicted molar refractivity (Wildman–Crippen MR) is 112 cm³/mol. The highest BCUT2D eigenvalue weighted by atomic mass is 16.5. The number of nitrogens with one attached hydrogen (secondary N) is 1. The molecule has 0 saturated carbocycles. The topological polar surface area (TPSA) is 41.6 Å². The van der Waals surface area contributed by atoms with Gasteiger partial charge >= 0.3 is 0 Å². The summed E-state index contributed by atoms with van der Waals surface area (Å²) in [5, 5.41) is 3.16. The van der Waals surface area contributed by atoms with Gasteiger partial charge in [-0.2, -0.15) is 0 Å². The summed E-state index contributed by atoms with van der Waals surface area (Å²) < 4.78 is 5.46. The maximum Gasteiger partial charge on any atom is 0.256 e. The van der Waals surface area contributed by atoms with Gasteiger partial charge < -0.3 is 15.0 Å². The summed E-state index contributed by atoms with van der Waals surface area (Å²) in [7, 11) is 0. The van der Waals surface area contributed by atoms with Crippen LogP contribution in [0.15, 0.2) is 42.5 Å². The van der Waals surface area contributed by atoms with Crippen molar-refractivity contribution >= 4 is 17.3 Å². The standard InChI is InChI=1S/C23H30N2O2/c1-16(2)18-8-7-9-19(22(18)17(3)4)23(26)24-20-10-5-6-11-21(20)25-12-14-27-15-13-25/h5-11,16-17H,12-15H2,1-4H3,(H,24,26). The molecule has 0 aliphatic carbocycles. The van der Waals surface area contributed by atoms with Gasteiger partial charge in [0.05, 0.1) is 24.6 Å². The van der Waals surface area contributed by atoms with Gasteiger partial charge in [-0.3, -0.25) is 4.79 Å². The zero-order chi connectivity index (χ0) is 19.4. The van der Waals surface area contributed by atoms with Crippen molar-refractivity contribution in [3.8, 4) is 0 Å². The Hall–Kier alpha value is -2.33. The lowest BCUT2D eigenvalue weighted by atomic mass is 9.86. The van der Waals surface area contributed by atoms with Crippen molar-refractivity contribution < 1.29 is 9.53 Å².